The summed E-state index contributed by atoms with van der Waals surface area (Å²) < 4.78 is 25.4. The molecule has 2 N–H and O–H groups in total. The van der Waals surface area contributed by atoms with Crippen molar-refractivity contribution in [1.29, 1.82) is 0 Å². The number of nitrogens with one attached hydrogen (secondary N) is 2. The highest BCUT2D eigenvalue weighted by molar-refractivity contribution is 7.91. The van der Waals surface area contributed by atoms with Gasteiger partial charge in [-0.2, -0.15) is 0 Å². The molecule has 0 radical (unpaired) electrons. The lowest BCUT2D eigenvalue weighted by Gasteiger charge is -2.38. The van der Waals surface area contributed by atoms with E-state index >= 15 is 0 Å². The molecular formula is C20H34N2O2S+2. The standard InChI is InChI=1S/C20H32N2O2S/c1-17-8-10-20(11-9-17)25(23,24)16-18(2)21-12-14-22(15-13-21)19-6-4-3-5-7-19/h8-11,18-19H,3-7,12-16H2,1-2H3/p+2/t18-/m1/s1. The fourth-order valence-electron chi connectivity index (χ4n) is 4.59. The predicted molar refractivity (Wildman–Crippen MR) is 101 cm³/mol. The number of hydrogen-bond donors (Lipinski definition) is 2. The Morgan fingerprint density at radius 1 is 1.00 bits per heavy atom. The van der Waals surface area contributed by atoms with Crippen LogP contribution >= 0.6 is 0 Å². The molecule has 1 aliphatic heterocycles. The quantitative estimate of drug-likeness (QED) is 0.786. The van der Waals surface area contributed by atoms with E-state index in [1.54, 1.807) is 17.0 Å². The summed E-state index contributed by atoms with van der Waals surface area (Å²) in [6.07, 6.45) is 6.99. The van der Waals surface area contributed by atoms with Crippen LogP contribution in [0.4, 0.5) is 0 Å². The highest BCUT2D eigenvalue weighted by Crippen LogP contribution is 2.15. The molecule has 0 unspecified atom stereocenters. The minimum Gasteiger partial charge on any atom is -0.323 e. The number of quaternary nitrogens is 2. The molecule has 0 aromatic heterocycles. The fraction of sp³-hybridized carbons (Fsp3) is 0.700. The molecule has 0 bridgehead atoms. The average Bonchev–Trinajstić information content (AvgIpc) is 2.62. The molecular weight excluding hydrogens is 332 g/mol. The van der Waals surface area contributed by atoms with Crippen LogP contribution in [0.1, 0.15) is 44.6 Å². The molecule has 3 rings (SSSR count). The van der Waals surface area contributed by atoms with Crippen LogP contribution in [-0.2, 0) is 9.84 Å². The highest BCUT2D eigenvalue weighted by atomic mass is 32.2. The number of benzene rings is 1. The summed E-state index contributed by atoms with van der Waals surface area (Å²) in [7, 11) is -3.19. The van der Waals surface area contributed by atoms with Crippen LogP contribution in [0.25, 0.3) is 0 Å². The van der Waals surface area contributed by atoms with Gasteiger partial charge in [0.15, 0.2) is 9.84 Å². The molecule has 140 valence electrons. The van der Waals surface area contributed by atoms with Gasteiger partial charge in [-0.1, -0.05) is 24.1 Å². The molecule has 1 aromatic rings. The van der Waals surface area contributed by atoms with Gasteiger partial charge in [0, 0.05) is 0 Å². The van der Waals surface area contributed by atoms with Gasteiger partial charge < -0.3 is 9.80 Å². The largest absolute Gasteiger partial charge is 0.323 e. The first-order chi connectivity index (χ1) is 12.0. The van der Waals surface area contributed by atoms with Gasteiger partial charge >= 0.3 is 0 Å². The van der Waals surface area contributed by atoms with Crippen LogP contribution in [0.15, 0.2) is 29.2 Å². The summed E-state index contributed by atoms with van der Waals surface area (Å²) in [5.74, 6) is 0.254. The van der Waals surface area contributed by atoms with Gasteiger partial charge in [-0.05, 0) is 51.7 Å². The molecule has 1 heterocycles. The maximum Gasteiger partial charge on any atom is 0.184 e. The zero-order valence-electron chi connectivity index (χ0n) is 15.8. The van der Waals surface area contributed by atoms with E-state index < -0.39 is 9.84 Å². The van der Waals surface area contributed by atoms with Crippen molar-refractivity contribution < 1.29 is 18.2 Å². The third-order valence-electron chi connectivity index (χ3n) is 6.26. The molecule has 2 aliphatic rings. The number of sulfone groups is 1. The molecule has 1 aromatic carbocycles. The Hall–Kier alpha value is -0.910. The molecule has 2 fully saturated rings. The summed E-state index contributed by atoms with van der Waals surface area (Å²) >= 11 is 0. The maximum atomic E-state index is 12.7. The SMILES string of the molecule is Cc1ccc(S(=O)(=O)C[C@@H](C)[NH+]2CC[NH+](C3CCCCC3)CC2)cc1. The Balaban J connectivity index is 1.53. The van der Waals surface area contributed by atoms with E-state index in [1.807, 2.05) is 19.1 Å². The molecule has 1 aliphatic carbocycles. The van der Waals surface area contributed by atoms with Gasteiger partial charge in [-0.15, -0.1) is 0 Å². The minimum absolute atomic E-state index is 0.166. The molecule has 1 saturated heterocycles. The van der Waals surface area contributed by atoms with Crippen molar-refractivity contribution >= 4 is 9.84 Å². The Kier molecular flexibility index (Phi) is 6.18. The van der Waals surface area contributed by atoms with Gasteiger partial charge in [0.25, 0.3) is 0 Å². The van der Waals surface area contributed by atoms with E-state index in [0.29, 0.717) is 4.90 Å². The summed E-state index contributed by atoms with van der Waals surface area (Å²) in [6.45, 7) is 8.71. The summed E-state index contributed by atoms with van der Waals surface area (Å²) in [5, 5.41) is 0. The van der Waals surface area contributed by atoms with Crippen molar-refractivity contribution in [2.75, 3.05) is 31.9 Å². The lowest BCUT2D eigenvalue weighted by molar-refractivity contribution is -1.03. The number of hydrogen-bond acceptors (Lipinski definition) is 2. The Morgan fingerprint density at radius 2 is 1.60 bits per heavy atom. The molecule has 0 spiro atoms. The topological polar surface area (TPSA) is 43.0 Å². The maximum absolute atomic E-state index is 12.7. The zero-order chi connectivity index (χ0) is 17.9. The number of piperazine rings is 1. The van der Waals surface area contributed by atoms with Gasteiger partial charge in [-0.25, -0.2) is 8.42 Å². The third-order valence-corrected chi connectivity index (χ3v) is 8.19. The summed E-state index contributed by atoms with van der Waals surface area (Å²) in [6, 6.07) is 8.30. The number of rotatable bonds is 5. The summed E-state index contributed by atoms with van der Waals surface area (Å²) in [5.41, 5.74) is 1.10. The normalized spacial score (nSPS) is 27.1. The van der Waals surface area contributed by atoms with E-state index in [9.17, 15) is 8.42 Å². The predicted octanol–water partition coefficient (Wildman–Crippen LogP) is 0.273. The Morgan fingerprint density at radius 3 is 2.20 bits per heavy atom. The van der Waals surface area contributed by atoms with E-state index in [0.717, 1.165) is 24.7 Å². The molecule has 5 heteroatoms. The second kappa shape index (κ2) is 8.19. The van der Waals surface area contributed by atoms with Crippen molar-refractivity contribution in [2.24, 2.45) is 0 Å². The monoisotopic (exact) mass is 366 g/mol. The average molecular weight is 367 g/mol. The van der Waals surface area contributed by atoms with Gasteiger partial charge in [0.1, 0.15) is 31.9 Å². The van der Waals surface area contributed by atoms with Crippen LogP contribution < -0.4 is 9.80 Å². The van der Waals surface area contributed by atoms with E-state index in [2.05, 4.69) is 6.92 Å². The van der Waals surface area contributed by atoms with Crippen LogP contribution in [0.3, 0.4) is 0 Å². The van der Waals surface area contributed by atoms with Gasteiger partial charge in [-0.3, -0.25) is 0 Å². The molecule has 1 atom stereocenters. The lowest BCUT2D eigenvalue weighted by Crippen LogP contribution is -3.31. The van der Waals surface area contributed by atoms with Gasteiger partial charge in [0.2, 0.25) is 0 Å². The Labute approximate surface area is 153 Å². The highest BCUT2D eigenvalue weighted by Gasteiger charge is 2.34. The van der Waals surface area contributed by atoms with Crippen molar-refractivity contribution in [3.63, 3.8) is 0 Å². The first-order valence-corrected chi connectivity index (χ1v) is 11.6. The van der Waals surface area contributed by atoms with Crippen LogP contribution in [-0.4, -0.2) is 52.4 Å². The summed E-state index contributed by atoms with van der Waals surface area (Å²) in [4.78, 5) is 3.71. The Bertz CT molecular complexity index is 643. The van der Waals surface area contributed by atoms with Crippen molar-refractivity contribution in [3.8, 4) is 0 Å². The minimum atomic E-state index is -3.19. The fourth-order valence-corrected chi connectivity index (χ4v) is 6.23. The first kappa shape index (κ1) is 18.9. The molecule has 1 saturated carbocycles. The smallest absolute Gasteiger partial charge is 0.184 e. The lowest BCUT2D eigenvalue weighted by atomic mass is 9.94. The first-order valence-electron chi connectivity index (χ1n) is 9.94. The van der Waals surface area contributed by atoms with Crippen molar-refractivity contribution in [2.45, 2.75) is 62.9 Å². The van der Waals surface area contributed by atoms with E-state index in [-0.39, 0.29) is 11.8 Å². The van der Waals surface area contributed by atoms with Crippen LogP contribution in [0, 0.1) is 6.92 Å². The van der Waals surface area contributed by atoms with Gasteiger partial charge in [0.05, 0.1) is 17.0 Å². The van der Waals surface area contributed by atoms with Crippen molar-refractivity contribution in [3.05, 3.63) is 29.8 Å². The second-order valence-electron chi connectivity index (χ2n) is 8.15. The second-order valence-corrected chi connectivity index (χ2v) is 10.2. The molecule has 25 heavy (non-hydrogen) atoms. The molecule has 0 amide bonds. The number of aryl methyl sites for hydroxylation is 1. The van der Waals surface area contributed by atoms with Crippen LogP contribution in [0.2, 0.25) is 0 Å². The van der Waals surface area contributed by atoms with E-state index in [1.165, 1.54) is 50.1 Å². The zero-order valence-corrected chi connectivity index (χ0v) is 16.6. The van der Waals surface area contributed by atoms with E-state index in [4.69, 9.17) is 0 Å². The van der Waals surface area contributed by atoms with Crippen molar-refractivity contribution in [1.82, 2.24) is 0 Å². The van der Waals surface area contributed by atoms with Crippen LogP contribution in [0.5, 0.6) is 0 Å². The third kappa shape index (κ3) is 4.83. The molecule has 4 nitrogen and oxygen atoms in total.